The van der Waals surface area contributed by atoms with Gasteiger partial charge < -0.3 is 10.2 Å². The topological polar surface area (TPSA) is 15.3 Å². The van der Waals surface area contributed by atoms with Gasteiger partial charge in [-0.2, -0.15) is 0 Å². The van der Waals surface area contributed by atoms with E-state index in [4.69, 9.17) is 0 Å². The second-order valence-corrected chi connectivity index (χ2v) is 8.53. The summed E-state index contributed by atoms with van der Waals surface area (Å²) in [6, 6.07) is 3.05. The van der Waals surface area contributed by atoms with E-state index in [1.54, 1.807) is 0 Å². The fourth-order valence-electron chi connectivity index (χ4n) is 2.92. The van der Waals surface area contributed by atoms with Gasteiger partial charge in [-0.05, 0) is 53.7 Å². The van der Waals surface area contributed by atoms with Crippen LogP contribution in [0, 0.1) is 5.41 Å². The van der Waals surface area contributed by atoms with Crippen molar-refractivity contribution in [2.75, 3.05) is 20.1 Å². The molecule has 0 spiro atoms. The summed E-state index contributed by atoms with van der Waals surface area (Å²) in [6.45, 7) is 8.11. The van der Waals surface area contributed by atoms with Gasteiger partial charge in [-0.25, -0.2) is 0 Å². The van der Waals surface area contributed by atoms with Crippen LogP contribution in [-0.4, -0.2) is 31.1 Å². The molecule has 1 saturated carbocycles. The second-order valence-electron chi connectivity index (χ2n) is 6.62. The van der Waals surface area contributed by atoms with E-state index in [0.29, 0.717) is 5.41 Å². The molecular weight excluding hydrogens is 332 g/mol. The predicted octanol–water partition coefficient (Wildman–Crippen LogP) is 4.50. The average Bonchev–Trinajstić information content (AvgIpc) is 3.11. The van der Waals surface area contributed by atoms with Gasteiger partial charge in [-0.1, -0.05) is 20.3 Å². The van der Waals surface area contributed by atoms with Crippen molar-refractivity contribution in [2.24, 2.45) is 5.41 Å². The lowest BCUT2D eigenvalue weighted by Gasteiger charge is -2.34. The molecule has 0 saturated heterocycles. The van der Waals surface area contributed by atoms with Crippen LogP contribution in [0.15, 0.2) is 15.9 Å². The summed E-state index contributed by atoms with van der Waals surface area (Å²) in [7, 11) is 2.25. The molecule has 1 heterocycles. The van der Waals surface area contributed by atoms with Crippen LogP contribution in [0.25, 0.3) is 0 Å². The van der Waals surface area contributed by atoms with Crippen molar-refractivity contribution in [3.05, 3.63) is 20.8 Å². The fourth-order valence-corrected chi connectivity index (χ4v) is 4.45. The van der Waals surface area contributed by atoms with E-state index in [-0.39, 0.29) is 0 Å². The predicted molar refractivity (Wildman–Crippen MR) is 92.4 cm³/mol. The highest BCUT2D eigenvalue weighted by Gasteiger charge is 2.29. The molecule has 1 aromatic rings. The third-order valence-electron chi connectivity index (χ3n) is 3.95. The fraction of sp³-hybridized carbons (Fsp3) is 0.750. The van der Waals surface area contributed by atoms with Crippen LogP contribution in [0.4, 0.5) is 0 Å². The first-order valence-electron chi connectivity index (χ1n) is 7.65. The lowest BCUT2D eigenvalue weighted by atomic mass is 9.84. The summed E-state index contributed by atoms with van der Waals surface area (Å²) in [6.07, 6.45) is 5.31. The first-order valence-corrected chi connectivity index (χ1v) is 9.33. The zero-order chi connectivity index (χ0) is 14.6. The maximum absolute atomic E-state index is 3.72. The minimum absolute atomic E-state index is 0.389. The highest BCUT2D eigenvalue weighted by atomic mass is 79.9. The number of hydrogen-bond donors (Lipinski definition) is 1. The summed E-state index contributed by atoms with van der Waals surface area (Å²) < 4.78 is 1.21. The van der Waals surface area contributed by atoms with Gasteiger partial charge in [-0.15, -0.1) is 11.3 Å². The van der Waals surface area contributed by atoms with Crippen molar-refractivity contribution in [3.8, 4) is 0 Å². The zero-order valence-corrected chi connectivity index (χ0v) is 15.3. The molecule has 1 fully saturated rings. The normalized spacial score (nSPS) is 18.4. The molecule has 1 aromatic heterocycles. The highest BCUT2D eigenvalue weighted by molar-refractivity contribution is 9.10. The standard InChI is InChI=1S/C16H27BrN2S/c1-4-7-16(2,11-18-14-5-6-14)12-19(3)9-15-8-13(17)10-20-15/h8,10,14,18H,4-7,9,11-12H2,1-3H3. The van der Waals surface area contributed by atoms with Gasteiger partial charge in [0.05, 0.1) is 0 Å². The van der Waals surface area contributed by atoms with Crippen LogP contribution in [0.2, 0.25) is 0 Å². The number of hydrogen-bond acceptors (Lipinski definition) is 3. The number of nitrogens with zero attached hydrogens (tertiary/aromatic N) is 1. The quantitative estimate of drug-likeness (QED) is 0.698. The Bertz CT molecular complexity index is 416. The van der Waals surface area contributed by atoms with Crippen LogP contribution in [0.1, 0.15) is 44.4 Å². The number of halogens is 1. The van der Waals surface area contributed by atoms with Crippen molar-refractivity contribution < 1.29 is 0 Å². The molecule has 20 heavy (non-hydrogen) atoms. The van der Waals surface area contributed by atoms with Gasteiger partial charge in [0.25, 0.3) is 0 Å². The molecule has 1 atom stereocenters. The summed E-state index contributed by atoms with van der Waals surface area (Å²) in [5.74, 6) is 0. The van der Waals surface area contributed by atoms with Crippen LogP contribution >= 0.6 is 27.3 Å². The number of nitrogens with one attached hydrogen (secondary N) is 1. The van der Waals surface area contributed by atoms with Gasteiger partial charge in [0.1, 0.15) is 0 Å². The van der Waals surface area contributed by atoms with E-state index in [1.807, 2.05) is 11.3 Å². The Hall–Kier alpha value is 0.1000. The van der Waals surface area contributed by atoms with E-state index in [0.717, 1.165) is 25.7 Å². The van der Waals surface area contributed by atoms with Crippen molar-refractivity contribution >= 4 is 27.3 Å². The van der Waals surface area contributed by atoms with E-state index >= 15 is 0 Å². The van der Waals surface area contributed by atoms with Crippen molar-refractivity contribution in [1.29, 1.82) is 0 Å². The Balaban J connectivity index is 1.84. The lowest BCUT2D eigenvalue weighted by Crippen LogP contribution is -2.41. The summed E-state index contributed by atoms with van der Waals surface area (Å²) >= 11 is 5.38. The number of rotatable bonds is 9. The van der Waals surface area contributed by atoms with Crippen molar-refractivity contribution in [3.63, 3.8) is 0 Å². The number of thiophene rings is 1. The molecular formula is C16H27BrN2S. The largest absolute Gasteiger partial charge is 0.313 e. The van der Waals surface area contributed by atoms with E-state index < -0.39 is 0 Å². The first-order chi connectivity index (χ1) is 9.50. The highest BCUT2D eigenvalue weighted by Crippen LogP contribution is 2.28. The average molecular weight is 359 g/mol. The SMILES string of the molecule is CCCC(C)(CNC1CC1)CN(C)Cc1cc(Br)cs1. The molecule has 0 amide bonds. The minimum Gasteiger partial charge on any atom is -0.313 e. The third kappa shape index (κ3) is 5.47. The molecule has 1 aliphatic rings. The Kier molecular flexibility index (Phi) is 6.09. The van der Waals surface area contributed by atoms with Crippen LogP contribution in [0.5, 0.6) is 0 Å². The molecule has 4 heteroatoms. The molecule has 0 bridgehead atoms. The maximum Gasteiger partial charge on any atom is 0.0325 e. The summed E-state index contributed by atoms with van der Waals surface area (Å²) in [5.41, 5.74) is 0.389. The van der Waals surface area contributed by atoms with Crippen LogP contribution in [0.3, 0.4) is 0 Å². The Morgan fingerprint density at radius 3 is 2.80 bits per heavy atom. The minimum atomic E-state index is 0.389. The van der Waals surface area contributed by atoms with Crippen molar-refractivity contribution in [1.82, 2.24) is 10.2 Å². The van der Waals surface area contributed by atoms with E-state index in [2.05, 4.69) is 58.5 Å². The van der Waals surface area contributed by atoms with E-state index in [9.17, 15) is 0 Å². The molecule has 1 unspecified atom stereocenters. The third-order valence-corrected chi connectivity index (χ3v) is 5.63. The second kappa shape index (κ2) is 7.39. The Morgan fingerprint density at radius 2 is 2.25 bits per heavy atom. The lowest BCUT2D eigenvalue weighted by molar-refractivity contribution is 0.168. The van der Waals surface area contributed by atoms with E-state index in [1.165, 1.54) is 35.0 Å². The first kappa shape index (κ1) is 16.5. The molecule has 1 N–H and O–H groups in total. The van der Waals surface area contributed by atoms with Crippen LogP contribution < -0.4 is 5.32 Å². The Labute approximate surface area is 136 Å². The zero-order valence-electron chi connectivity index (χ0n) is 12.9. The van der Waals surface area contributed by atoms with Gasteiger partial charge in [0, 0.05) is 40.4 Å². The molecule has 2 nitrogen and oxygen atoms in total. The molecule has 0 aromatic carbocycles. The van der Waals surface area contributed by atoms with Gasteiger partial charge in [0.15, 0.2) is 0 Å². The van der Waals surface area contributed by atoms with Gasteiger partial charge in [0.2, 0.25) is 0 Å². The summed E-state index contributed by atoms with van der Waals surface area (Å²) in [4.78, 5) is 3.91. The summed E-state index contributed by atoms with van der Waals surface area (Å²) in [5, 5.41) is 5.89. The maximum atomic E-state index is 3.72. The molecule has 2 rings (SSSR count). The molecule has 1 aliphatic carbocycles. The Morgan fingerprint density at radius 1 is 1.50 bits per heavy atom. The molecule has 0 aliphatic heterocycles. The van der Waals surface area contributed by atoms with Gasteiger partial charge >= 0.3 is 0 Å². The van der Waals surface area contributed by atoms with Gasteiger partial charge in [-0.3, -0.25) is 0 Å². The van der Waals surface area contributed by atoms with Crippen molar-refractivity contribution in [2.45, 2.75) is 52.1 Å². The monoisotopic (exact) mass is 358 g/mol. The van der Waals surface area contributed by atoms with Crippen LogP contribution in [-0.2, 0) is 6.54 Å². The smallest absolute Gasteiger partial charge is 0.0325 e. The molecule has 0 radical (unpaired) electrons. The molecule has 114 valence electrons.